The monoisotopic (exact) mass is 647 g/mol. The molecule has 0 fully saturated rings. The molecule has 2 rings (SSSR count). The zero-order valence-corrected chi connectivity index (χ0v) is 27.5. The number of anilines is 1. The third kappa shape index (κ3) is 11.8. The molecule has 9 nitrogen and oxygen atoms in total. The molecule has 1 aromatic heterocycles. The number of hydrazine groups is 1. The van der Waals surface area contributed by atoms with Gasteiger partial charge in [-0.25, -0.2) is 10.8 Å². The van der Waals surface area contributed by atoms with Gasteiger partial charge in [-0.1, -0.05) is 49.1 Å². The third-order valence-corrected chi connectivity index (χ3v) is 8.25. The van der Waals surface area contributed by atoms with Gasteiger partial charge in [0.1, 0.15) is 0 Å². The molecule has 1 aliphatic rings. The predicted molar refractivity (Wildman–Crippen MR) is 176 cm³/mol. The van der Waals surface area contributed by atoms with Crippen molar-refractivity contribution in [2.24, 2.45) is 11.6 Å². The molecule has 1 heterocycles. The van der Waals surface area contributed by atoms with Crippen LogP contribution in [-0.2, 0) is 9.59 Å². The first kappa shape index (κ1) is 37.2. The van der Waals surface area contributed by atoms with E-state index >= 15 is 0 Å². The fourth-order valence-corrected chi connectivity index (χ4v) is 4.87. The number of nitrogens with zero attached hydrogens (tertiary/aromatic N) is 2. The molecule has 0 radical (unpaired) electrons. The number of hydrogen-bond acceptors (Lipinski definition) is 8. The largest absolute Gasteiger partial charge is 0.416 e. The van der Waals surface area contributed by atoms with Crippen molar-refractivity contribution in [1.29, 1.82) is 0 Å². The van der Waals surface area contributed by atoms with Gasteiger partial charge in [-0.05, 0) is 62.5 Å². The Morgan fingerprint density at radius 3 is 2.51 bits per heavy atom. The van der Waals surface area contributed by atoms with E-state index in [0.717, 1.165) is 18.1 Å². The summed E-state index contributed by atoms with van der Waals surface area (Å²) in [4.78, 5) is 28.9. The maximum absolute atomic E-state index is 14.0. The van der Waals surface area contributed by atoms with E-state index in [0.29, 0.717) is 33.4 Å². The molecule has 246 valence electrons. The summed E-state index contributed by atoms with van der Waals surface area (Å²) in [6, 6.07) is -0.129. The normalized spacial score (nSPS) is 16.4. The minimum atomic E-state index is -4.57. The lowest BCUT2D eigenvalue weighted by molar-refractivity contribution is -0.119. The molecule has 0 spiro atoms. The molecule has 0 aromatic carbocycles. The molecule has 13 heteroatoms. The van der Waals surface area contributed by atoms with Gasteiger partial charge < -0.3 is 26.7 Å². The Morgan fingerprint density at radius 1 is 1.22 bits per heavy atom. The van der Waals surface area contributed by atoms with Crippen molar-refractivity contribution in [3.05, 3.63) is 87.8 Å². The van der Waals surface area contributed by atoms with E-state index in [-0.39, 0.29) is 42.1 Å². The van der Waals surface area contributed by atoms with Crippen LogP contribution in [0.3, 0.4) is 0 Å². The average molecular weight is 648 g/mol. The Balaban J connectivity index is 2.12. The van der Waals surface area contributed by atoms with Crippen molar-refractivity contribution < 1.29 is 22.8 Å². The number of nitrogens with two attached hydrogens (primary N) is 2. The van der Waals surface area contributed by atoms with Gasteiger partial charge in [0, 0.05) is 44.0 Å². The molecule has 45 heavy (non-hydrogen) atoms. The first-order chi connectivity index (χ1) is 21.0. The van der Waals surface area contributed by atoms with Gasteiger partial charge in [0.2, 0.25) is 11.8 Å². The summed E-state index contributed by atoms with van der Waals surface area (Å²) in [6.45, 7) is 14.6. The lowest BCUT2D eigenvalue weighted by Crippen LogP contribution is -2.35. The standard InChI is InChI=1S/C32H44F3N7O2S/c1-8-20(4)38-16-25-12-13-26(15-27(21(25)5)32(33,34)35)41-30(44)14-24(9-2)11-10-19(3)22(6)42(37)18-28(36)29-17-39-31(45-29)40-23(7)43/h9-12,15,17-18,20,22,38H,2,8,13-14,16,36-37H2,1,3-7H3,(H,41,44)(H,39,40,43)/b19-10-,24-11+,28-18-. The number of alkyl halides is 3. The van der Waals surface area contributed by atoms with Gasteiger partial charge >= 0.3 is 6.18 Å². The minimum absolute atomic E-state index is 0.0869. The summed E-state index contributed by atoms with van der Waals surface area (Å²) >= 11 is 1.21. The van der Waals surface area contributed by atoms with Gasteiger partial charge in [-0.15, -0.1) is 0 Å². The second-order valence-electron chi connectivity index (χ2n) is 10.8. The van der Waals surface area contributed by atoms with E-state index in [9.17, 15) is 22.8 Å². The number of carbonyl (C=O) groups excluding carboxylic acids is 2. The van der Waals surface area contributed by atoms with Crippen LogP contribution in [0.25, 0.3) is 5.70 Å². The maximum atomic E-state index is 14.0. The summed E-state index contributed by atoms with van der Waals surface area (Å²) < 4.78 is 41.9. The molecule has 0 bridgehead atoms. The molecule has 0 aliphatic heterocycles. The minimum Gasteiger partial charge on any atom is -0.396 e. The van der Waals surface area contributed by atoms with Crippen molar-refractivity contribution in [2.45, 2.75) is 79.1 Å². The number of halogens is 3. The lowest BCUT2D eigenvalue weighted by atomic mass is 10.0. The highest BCUT2D eigenvalue weighted by Crippen LogP contribution is 2.34. The zero-order valence-electron chi connectivity index (χ0n) is 26.6. The van der Waals surface area contributed by atoms with Gasteiger partial charge in [0.25, 0.3) is 0 Å². The Hall–Kier alpha value is -3.94. The van der Waals surface area contributed by atoms with Crippen LogP contribution in [0.1, 0.15) is 65.7 Å². The second kappa shape index (κ2) is 16.9. The molecular formula is C32H44F3N7O2S. The number of allylic oxidation sites excluding steroid dienone is 6. The average Bonchev–Trinajstić information content (AvgIpc) is 3.37. The second-order valence-corrected chi connectivity index (χ2v) is 11.9. The van der Waals surface area contributed by atoms with E-state index in [1.807, 2.05) is 27.7 Å². The highest BCUT2D eigenvalue weighted by Gasteiger charge is 2.35. The van der Waals surface area contributed by atoms with E-state index < -0.39 is 17.7 Å². The van der Waals surface area contributed by atoms with Gasteiger partial charge in [-0.2, -0.15) is 13.2 Å². The number of hydrogen-bond donors (Lipinski definition) is 5. The summed E-state index contributed by atoms with van der Waals surface area (Å²) in [5.74, 6) is 5.53. The molecule has 0 saturated carbocycles. The highest BCUT2D eigenvalue weighted by molar-refractivity contribution is 7.16. The van der Waals surface area contributed by atoms with Crippen molar-refractivity contribution in [1.82, 2.24) is 20.6 Å². The topological polar surface area (TPSA) is 138 Å². The summed E-state index contributed by atoms with van der Waals surface area (Å²) in [6.07, 6.45) is 7.22. The lowest BCUT2D eigenvalue weighted by Gasteiger charge is -2.23. The number of rotatable bonds is 14. The zero-order chi connectivity index (χ0) is 33.9. The Kier molecular flexibility index (Phi) is 14.0. The molecule has 0 saturated heterocycles. The fraction of sp³-hybridized carbons (Fsp3) is 0.406. The van der Waals surface area contributed by atoms with E-state index in [1.165, 1.54) is 36.3 Å². The van der Waals surface area contributed by atoms with Crippen molar-refractivity contribution in [2.75, 3.05) is 11.9 Å². The van der Waals surface area contributed by atoms with Crippen LogP contribution in [0.5, 0.6) is 0 Å². The van der Waals surface area contributed by atoms with Gasteiger partial charge in [0.15, 0.2) is 5.13 Å². The van der Waals surface area contributed by atoms with Gasteiger partial charge in [0.05, 0.1) is 28.6 Å². The number of aromatic nitrogens is 1. The fourth-order valence-electron chi connectivity index (χ4n) is 4.09. The first-order valence-corrected chi connectivity index (χ1v) is 15.3. The number of carbonyl (C=O) groups is 2. The van der Waals surface area contributed by atoms with Crippen LogP contribution < -0.4 is 27.5 Å². The quantitative estimate of drug-likeness (QED) is 0.0953. The Bertz CT molecular complexity index is 1430. The summed E-state index contributed by atoms with van der Waals surface area (Å²) in [5, 5.41) is 10.4. The Labute approximate surface area is 267 Å². The molecule has 2 unspecified atom stereocenters. The molecule has 1 aromatic rings. The molecule has 1 aliphatic carbocycles. The van der Waals surface area contributed by atoms with Crippen LogP contribution in [0.15, 0.2) is 82.9 Å². The smallest absolute Gasteiger partial charge is 0.396 e. The van der Waals surface area contributed by atoms with E-state index in [4.69, 9.17) is 11.6 Å². The number of nitrogens with one attached hydrogen (secondary N) is 3. The SMILES string of the molecule is C=C/C(=C\C=C(\C)C(C)N(N)/C=C(\N)c1cnc(NC(C)=O)s1)CC(=O)NC1=CC(C(F)(F)F)=C(C)C(CNC(C)CC)=CC1. The van der Waals surface area contributed by atoms with E-state index in [1.54, 1.807) is 30.6 Å². The molecule has 2 atom stereocenters. The molecule has 7 N–H and O–H groups in total. The van der Waals surface area contributed by atoms with Crippen LogP contribution in [0, 0.1) is 0 Å². The predicted octanol–water partition coefficient (Wildman–Crippen LogP) is 5.97. The summed E-state index contributed by atoms with van der Waals surface area (Å²) in [7, 11) is 0. The van der Waals surface area contributed by atoms with Crippen molar-refractivity contribution in [3.63, 3.8) is 0 Å². The third-order valence-electron chi connectivity index (χ3n) is 7.29. The first-order valence-electron chi connectivity index (χ1n) is 14.5. The maximum Gasteiger partial charge on any atom is 0.416 e. The van der Waals surface area contributed by atoms with Crippen LogP contribution in [0.2, 0.25) is 0 Å². The van der Waals surface area contributed by atoms with Crippen LogP contribution in [-0.4, -0.2) is 46.6 Å². The van der Waals surface area contributed by atoms with Gasteiger partial charge in [-0.3, -0.25) is 9.59 Å². The van der Waals surface area contributed by atoms with Crippen LogP contribution in [0.4, 0.5) is 18.3 Å². The molecule has 2 amide bonds. The molecular weight excluding hydrogens is 603 g/mol. The Morgan fingerprint density at radius 2 is 1.91 bits per heavy atom. The number of amides is 2. The van der Waals surface area contributed by atoms with E-state index in [2.05, 4.69) is 27.5 Å². The summed E-state index contributed by atoms with van der Waals surface area (Å²) in [5.41, 5.74) is 8.04. The highest BCUT2D eigenvalue weighted by atomic mass is 32.1. The number of thiazole rings is 1. The van der Waals surface area contributed by atoms with Crippen molar-refractivity contribution in [3.8, 4) is 0 Å². The van der Waals surface area contributed by atoms with Crippen molar-refractivity contribution >= 4 is 34.0 Å². The van der Waals surface area contributed by atoms with Crippen LogP contribution >= 0.6 is 11.3 Å².